The maximum Gasteiger partial charge on any atom is 0.175 e. The number of rotatable bonds is 2. The molecule has 1 aromatic rings. The van der Waals surface area contributed by atoms with Crippen LogP contribution in [0.3, 0.4) is 0 Å². The summed E-state index contributed by atoms with van der Waals surface area (Å²) in [6, 6.07) is 5.01. The Hall–Kier alpha value is -1.23. The van der Waals surface area contributed by atoms with Crippen molar-refractivity contribution in [1.29, 1.82) is 0 Å². The fourth-order valence-electron chi connectivity index (χ4n) is 2.56. The molecule has 100 valence electrons. The van der Waals surface area contributed by atoms with Crippen LogP contribution in [0.5, 0.6) is 0 Å². The van der Waals surface area contributed by atoms with Crippen molar-refractivity contribution in [2.45, 2.75) is 37.1 Å². The Morgan fingerprint density at radius 2 is 2.00 bits per heavy atom. The third kappa shape index (κ3) is 2.32. The molecule has 0 atom stereocenters. The van der Waals surface area contributed by atoms with Crippen molar-refractivity contribution >= 4 is 21.2 Å². The van der Waals surface area contributed by atoms with E-state index < -0.39 is 9.84 Å². The zero-order valence-corrected chi connectivity index (χ0v) is 11.9. The summed E-state index contributed by atoms with van der Waals surface area (Å²) in [5, 5.41) is 0. The standard InChI is InChI=1S/C13H20N2O2S/c1-13(2)7-4-8-15(13)12-6-5-10(9-11(12)14)18(3,16)17/h5-6,9H,4,7-8,14H2,1-3H3. The maximum absolute atomic E-state index is 11.5. The first-order valence-corrected chi connectivity index (χ1v) is 7.98. The molecule has 1 aromatic carbocycles. The Labute approximate surface area is 109 Å². The summed E-state index contributed by atoms with van der Waals surface area (Å²) in [6.45, 7) is 5.34. The summed E-state index contributed by atoms with van der Waals surface area (Å²) in [5.74, 6) is 0. The Kier molecular flexibility index (Phi) is 3.05. The van der Waals surface area contributed by atoms with Crippen LogP contribution in [0.15, 0.2) is 23.1 Å². The summed E-state index contributed by atoms with van der Waals surface area (Å²) < 4.78 is 23.0. The zero-order chi connectivity index (χ0) is 13.6. The number of nitrogens with zero attached hydrogens (tertiary/aromatic N) is 1. The molecule has 1 heterocycles. The number of nitrogen functional groups attached to an aromatic ring is 1. The van der Waals surface area contributed by atoms with E-state index >= 15 is 0 Å². The van der Waals surface area contributed by atoms with E-state index in [0.29, 0.717) is 5.69 Å². The molecule has 0 unspecified atom stereocenters. The van der Waals surface area contributed by atoms with Gasteiger partial charge in [0.15, 0.2) is 9.84 Å². The van der Waals surface area contributed by atoms with Crippen molar-refractivity contribution in [3.8, 4) is 0 Å². The largest absolute Gasteiger partial charge is 0.397 e. The molecule has 1 saturated heterocycles. The molecule has 2 rings (SSSR count). The quantitative estimate of drug-likeness (QED) is 0.834. The molecule has 1 fully saturated rings. The molecule has 0 bridgehead atoms. The van der Waals surface area contributed by atoms with E-state index in [4.69, 9.17) is 5.73 Å². The number of nitrogens with two attached hydrogens (primary N) is 1. The molecule has 4 nitrogen and oxygen atoms in total. The number of sulfone groups is 1. The van der Waals surface area contributed by atoms with Gasteiger partial charge in [-0.15, -0.1) is 0 Å². The molecular formula is C13H20N2O2S. The van der Waals surface area contributed by atoms with E-state index in [1.54, 1.807) is 12.1 Å². The lowest BCUT2D eigenvalue weighted by molar-refractivity contribution is 0.518. The van der Waals surface area contributed by atoms with Gasteiger partial charge in [-0.3, -0.25) is 0 Å². The highest BCUT2D eigenvalue weighted by molar-refractivity contribution is 7.90. The van der Waals surface area contributed by atoms with Crippen molar-refractivity contribution in [3.63, 3.8) is 0 Å². The van der Waals surface area contributed by atoms with Crippen LogP contribution in [0, 0.1) is 0 Å². The van der Waals surface area contributed by atoms with Gasteiger partial charge in [0.2, 0.25) is 0 Å². The smallest absolute Gasteiger partial charge is 0.175 e. The van der Waals surface area contributed by atoms with E-state index in [0.717, 1.165) is 25.1 Å². The predicted molar refractivity (Wildman–Crippen MR) is 74.6 cm³/mol. The summed E-state index contributed by atoms with van der Waals surface area (Å²) >= 11 is 0. The van der Waals surface area contributed by atoms with Gasteiger partial charge in [-0.05, 0) is 44.9 Å². The Bertz CT molecular complexity index is 564. The summed E-state index contributed by atoms with van der Waals surface area (Å²) in [7, 11) is -3.19. The molecule has 0 aliphatic carbocycles. The average Bonchev–Trinajstić information content (AvgIpc) is 2.56. The maximum atomic E-state index is 11.5. The number of benzene rings is 1. The minimum absolute atomic E-state index is 0.0841. The molecule has 0 saturated carbocycles. The van der Waals surface area contributed by atoms with Crippen LogP contribution < -0.4 is 10.6 Å². The van der Waals surface area contributed by atoms with Gasteiger partial charge in [-0.1, -0.05) is 0 Å². The highest BCUT2D eigenvalue weighted by atomic mass is 32.2. The number of anilines is 2. The molecule has 2 N–H and O–H groups in total. The van der Waals surface area contributed by atoms with Gasteiger partial charge in [0.25, 0.3) is 0 Å². The lowest BCUT2D eigenvalue weighted by Crippen LogP contribution is -2.38. The molecule has 0 aromatic heterocycles. The lowest BCUT2D eigenvalue weighted by atomic mass is 10.0. The minimum atomic E-state index is -3.19. The van der Waals surface area contributed by atoms with Gasteiger partial charge in [-0.25, -0.2) is 8.42 Å². The van der Waals surface area contributed by atoms with E-state index in [2.05, 4.69) is 18.7 Å². The first-order valence-electron chi connectivity index (χ1n) is 6.09. The van der Waals surface area contributed by atoms with Crippen molar-refractivity contribution < 1.29 is 8.42 Å². The fraction of sp³-hybridized carbons (Fsp3) is 0.538. The fourth-order valence-corrected chi connectivity index (χ4v) is 3.22. The van der Waals surface area contributed by atoms with E-state index in [-0.39, 0.29) is 10.4 Å². The highest BCUT2D eigenvalue weighted by Crippen LogP contribution is 2.37. The zero-order valence-electron chi connectivity index (χ0n) is 11.1. The number of hydrogen-bond acceptors (Lipinski definition) is 4. The molecule has 0 spiro atoms. The van der Waals surface area contributed by atoms with Gasteiger partial charge in [-0.2, -0.15) is 0 Å². The Morgan fingerprint density at radius 3 is 2.44 bits per heavy atom. The van der Waals surface area contributed by atoms with Crippen molar-refractivity contribution in [3.05, 3.63) is 18.2 Å². The third-order valence-corrected chi connectivity index (χ3v) is 4.73. The molecule has 18 heavy (non-hydrogen) atoms. The van der Waals surface area contributed by atoms with Crippen LogP contribution >= 0.6 is 0 Å². The van der Waals surface area contributed by atoms with Crippen molar-refractivity contribution in [1.82, 2.24) is 0 Å². The SMILES string of the molecule is CC1(C)CCCN1c1ccc(S(C)(=O)=O)cc1N. The average molecular weight is 268 g/mol. The van der Waals surface area contributed by atoms with E-state index in [1.807, 2.05) is 6.07 Å². The first kappa shape index (κ1) is 13.2. The Morgan fingerprint density at radius 1 is 1.33 bits per heavy atom. The van der Waals surface area contributed by atoms with Crippen molar-refractivity contribution in [2.24, 2.45) is 0 Å². The van der Waals surface area contributed by atoms with Crippen LogP contribution in [-0.4, -0.2) is 26.8 Å². The van der Waals surface area contributed by atoms with Gasteiger partial charge >= 0.3 is 0 Å². The predicted octanol–water partition coefficient (Wildman–Crippen LogP) is 2.05. The summed E-state index contributed by atoms with van der Waals surface area (Å²) in [4.78, 5) is 2.54. The molecular weight excluding hydrogens is 248 g/mol. The van der Waals surface area contributed by atoms with Crippen LogP contribution in [0.1, 0.15) is 26.7 Å². The monoisotopic (exact) mass is 268 g/mol. The molecule has 5 heteroatoms. The number of hydrogen-bond donors (Lipinski definition) is 1. The minimum Gasteiger partial charge on any atom is -0.397 e. The van der Waals surface area contributed by atoms with Gasteiger partial charge < -0.3 is 10.6 Å². The Balaban J connectivity index is 2.43. The second-order valence-electron chi connectivity index (χ2n) is 5.56. The summed E-state index contributed by atoms with van der Waals surface area (Å²) in [5.41, 5.74) is 7.57. The van der Waals surface area contributed by atoms with Crippen LogP contribution in [0.4, 0.5) is 11.4 Å². The first-order chi connectivity index (χ1) is 8.22. The topological polar surface area (TPSA) is 63.4 Å². The molecule has 1 aliphatic heterocycles. The second-order valence-corrected chi connectivity index (χ2v) is 7.58. The molecule has 1 aliphatic rings. The van der Waals surface area contributed by atoms with Crippen LogP contribution in [0.2, 0.25) is 0 Å². The lowest BCUT2D eigenvalue weighted by Gasteiger charge is -2.34. The van der Waals surface area contributed by atoms with Gasteiger partial charge in [0, 0.05) is 18.3 Å². The van der Waals surface area contributed by atoms with Crippen molar-refractivity contribution in [2.75, 3.05) is 23.4 Å². The second kappa shape index (κ2) is 4.16. The molecule has 0 radical (unpaired) electrons. The third-order valence-electron chi connectivity index (χ3n) is 3.62. The van der Waals surface area contributed by atoms with Gasteiger partial charge in [0.05, 0.1) is 16.3 Å². The van der Waals surface area contributed by atoms with Crippen LogP contribution in [-0.2, 0) is 9.84 Å². The normalized spacial score (nSPS) is 19.2. The highest BCUT2D eigenvalue weighted by Gasteiger charge is 2.33. The summed E-state index contributed by atoms with van der Waals surface area (Å²) in [6.07, 6.45) is 3.46. The molecule has 0 amide bonds. The van der Waals surface area contributed by atoms with Crippen LogP contribution in [0.25, 0.3) is 0 Å². The van der Waals surface area contributed by atoms with Gasteiger partial charge in [0.1, 0.15) is 0 Å². The van der Waals surface area contributed by atoms with E-state index in [1.165, 1.54) is 6.26 Å². The van der Waals surface area contributed by atoms with E-state index in [9.17, 15) is 8.42 Å².